The fourth-order valence-electron chi connectivity index (χ4n) is 3.08. The summed E-state index contributed by atoms with van der Waals surface area (Å²) in [5, 5.41) is 7.53. The number of likely N-dealkylation sites (tertiary alicyclic amines) is 1. The molecule has 3 heterocycles. The molecule has 1 aliphatic heterocycles. The van der Waals surface area contributed by atoms with Crippen LogP contribution < -0.4 is 5.32 Å². The smallest absolute Gasteiger partial charge is 0.240 e. The SMILES string of the molecule is Cc1ccc(NC[C@@H]2CCN(Cc3nc(C4CC4)no3)C2)nc1. The molecule has 1 saturated carbocycles. The van der Waals surface area contributed by atoms with Gasteiger partial charge in [0.1, 0.15) is 5.82 Å². The van der Waals surface area contributed by atoms with Crippen LogP contribution in [0.5, 0.6) is 0 Å². The molecule has 2 aromatic heterocycles. The van der Waals surface area contributed by atoms with E-state index in [1.54, 1.807) is 0 Å². The third kappa shape index (κ3) is 3.69. The van der Waals surface area contributed by atoms with Gasteiger partial charge in [0.25, 0.3) is 0 Å². The Balaban J connectivity index is 1.24. The Labute approximate surface area is 136 Å². The molecule has 4 rings (SSSR count). The molecule has 1 aliphatic carbocycles. The standard InChI is InChI=1S/C17H23N5O/c1-12-2-5-15(18-8-12)19-9-13-6-7-22(10-13)11-16-20-17(21-23-16)14-3-4-14/h2,5,8,13-14H,3-4,6-7,9-11H2,1H3,(H,18,19)/t13-/m0/s1. The predicted molar refractivity (Wildman–Crippen MR) is 87.1 cm³/mol. The Morgan fingerprint density at radius 1 is 1.30 bits per heavy atom. The van der Waals surface area contributed by atoms with Gasteiger partial charge in [0.05, 0.1) is 6.54 Å². The van der Waals surface area contributed by atoms with Crippen molar-refractivity contribution in [1.82, 2.24) is 20.0 Å². The second kappa shape index (κ2) is 6.28. The van der Waals surface area contributed by atoms with Crippen molar-refractivity contribution in [1.29, 1.82) is 0 Å². The number of aryl methyl sites for hydroxylation is 1. The molecule has 1 saturated heterocycles. The van der Waals surface area contributed by atoms with E-state index in [1.165, 1.54) is 24.8 Å². The van der Waals surface area contributed by atoms with Crippen LogP contribution in [-0.4, -0.2) is 39.7 Å². The zero-order chi connectivity index (χ0) is 15.6. The van der Waals surface area contributed by atoms with Crippen LogP contribution in [0.4, 0.5) is 5.82 Å². The van der Waals surface area contributed by atoms with Crippen molar-refractivity contribution in [3.63, 3.8) is 0 Å². The van der Waals surface area contributed by atoms with Gasteiger partial charge >= 0.3 is 0 Å². The van der Waals surface area contributed by atoms with Crippen LogP contribution in [0.1, 0.15) is 42.5 Å². The molecular formula is C17H23N5O. The number of hydrogen-bond acceptors (Lipinski definition) is 6. The summed E-state index contributed by atoms with van der Waals surface area (Å²) < 4.78 is 5.38. The van der Waals surface area contributed by atoms with Gasteiger partial charge in [0.15, 0.2) is 5.82 Å². The number of nitrogens with zero attached hydrogens (tertiary/aromatic N) is 4. The van der Waals surface area contributed by atoms with Crippen LogP contribution in [0, 0.1) is 12.8 Å². The highest BCUT2D eigenvalue weighted by Crippen LogP contribution is 2.38. The van der Waals surface area contributed by atoms with Gasteiger partial charge in [-0.3, -0.25) is 4.90 Å². The summed E-state index contributed by atoms with van der Waals surface area (Å²) in [6.45, 7) is 5.95. The molecule has 0 radical (unpaired) electrons. The van der Waals surface area contributed by atoms with E-state index in [4.69, 9.17) is 4.52 Å². The maximum Gasteiger partial charge on any atom is 0.240 e. The Morgan fingerprint density at radius 3 is 3.00 bits per heavy atom. The molecule has 0 amide bonds. The quantitative estimate of drug-likeness (QED) is 0.884. The molecule has 2 aliphatic rings. The lowest BCUT2D eigenvalue weighted by Gasteiger charge is -2.14. The molecule has 2 aromatic rings. The number of anilines is 1. The van der Waals surface area contributed by atoms with E-state index < -0.39 is 0 Å². The molecule has 122 valence electrons. The lowest BCUT2D eigenvalue weighted by atomic mass is 10.1. The predicted octanol–water partition coefficient (Wildman–Crippen LogP) is 2.58. The van der Waals surface area contributed by atoms with Gasteiger partial charge in [-0.15, -0.1) is 0 Å². The summed E-state index contributed by atoms with van der Waals surface area (Å²) in [5.74, 6) is 3.83. The minimum atomic E-state index is 0.560. The van der Waals surface area contributed by atoms with E-state index in [1.807, 2.05) is 12.3 Å². The molecular weight excluding hydrogens is 290 g/mol. The van der Waals surface area contributed by atoms with Crippen LogP contribution >= 0.6 is 0 Å². The van der Waals surface area contributed by atoms with E-state index in [9.17, 15) is 0 Å². The van der Waals surface area contributed by atoms with Crippen LogP contribution in [-0.2, 0) is 6.54 Å². The summed E-state index contributed by atoms with van der Waals surface area (Å²) in [6, 6.07) is 4.13. The Bertz CT molecular complexity index is 649. The third-order valence-corrected chi connectivity index (χ3v) is 4.64. The van der Waals surface area contributed by atoms with Crippen molar-refractivity contribution in [2.75, 3.05) is 25.0 Å². The van der Waals surface area contributed by atoms with Crippen molar-refractivity contribution < 1.29 is 4.52 Å². The molecule has 6 heteroatoms. The summed E-state index contributed by atoms with van der Waals surface area (Å²) in [7, 11) is 0. The number of nitrogens with one attached hydrogen (secondary N) is 1. The summed E-state index contributed by atoms with van der Waals surface area (Å²) >= 11 is 0. The van der Waals surface area contributed by atoms with Gasteiger partial charge in [0.2, 0.25) is 5.89 Å². The second-order valence-electron chi connectivity index (χ2n) is 6.81. The minimum Gasteiger partial charge on any atom is -0.370 e. The van der Waals surface area contributed by atoms with Gasteiger partial charge in [-0.2, -0.15) is 4.98 Å². The largest absolute Gasteiger partial charge is 0.370 e. The fourth-order valence-corrected chi connectivity index (χ4v) is 3.08. The molecule has 6 nitrogen and oxygen atoms in total. The maximum absolute atomic E-state index is 5.38. The topological polar surface area (TPSA) is 67.1 Å². The molecule has 2 fully saturated rings. The van der Waals surface area contributed by atoms with Crippen LogP contribution in [0.2, 0.25) is 0 Å². The maximum atomic E-state index is 5.38. The van der Waals surface area contributed by atoms with Crippen molar-refractivity contribution >= 4 is 5.82 Å². The van der Waals surface area contributed by atoms with Gasteiger partial charge in [-0.25, -0.2) is 4.98 Å². The Hall–Kier alpha value is -1.95. The highest BCUT2D eigenvalue weighted by molar-refractivity contribution is 5.35. The van der Waals surface area contributed by atoms with Crippen molar-refractivity contribution in [2.24, 2.45) is 5.92 Å². The fraction of sp³-hybridized carbons (Fsp3) is 0.588. The van der Waals surface area contributed by atoms with Gasteiger partial charge < -0.3 is 9.84 Å². The highest BCUT2D eigenvalue weighted by Gasteiger charge is 2.30. The van der Waals surface area contributed by atoms with E-state index in [-0.39, 0.29) is 0 Å². The first kappa shape index (κ1) is 14.6. The third-order valence-electron chi connectivity index (χ3n) is 4.64. The lowest BCUT2D eigenvalue weighted by molar-refractivity contribution is 0.261. The average molecular weight is 313 g/mol. The van der Waals surface area contributed by atoms with Gasteiger partial charge in [-0.1, -0.05) is 11.2 Å². The normalized spacial score (nSPS) is 21.7. The minimum absolute atomic E-state index is 0.560. The molecule has 1 N–H and O–H groups in total. The Morgan fingerprint density at radius 2 is 2.22 bits per heavy atom. The monoisotopic (exact) mass is 313 g/mol. The summed E-state index contributed by atoms with van der Waals surface area (Å²) in [5.41, 5.74) is 1.19. The van der Waals surface area contributed by atoms with E-state index >= 15 is 0 Å². The van der Waals surface area contributed by atoms with Crippen LogP contribution in [0.25, 0.3) is 0 Å². The van der Waals surface area contributed by atoms with E-state index in [0.717, 1.165) is 43.7 Å². The molecule has 0 bridgehead atoms. The number of pyridine rings is 1. The zero-order valence-corrected chi connectivity index (χ0v) is 13.5. The van der Waals surface area contributed by atoms with Gasteiger partial charge in [0, 0.05) is 25.2 Å². The highest BCUT2D eigenvalue weighted by atomic mass is 16.5. The van der Waals surface area contributed by atoms with E-state index in [0.29, 0.717) is 11.8 Å². The summed E-state index contributed by atoms with van der Waals surface area (Å²) in [4.78, 5) is 11.3. The first-order chi connectivity index (χ1) is 11.3. The Kier molecular flexibility index (Phi) is 3.99. The number of hydrogen-bond donors (Lipinski definition) is 1. The molecule has 1 atom stereocenters. The summed E-state index contributed by atoms with van der Waals surface area (Å²) in [6.07, 6.45) is 5.52. The molecule has 0 spiro atoms. The first-order valence-electron chi connectivity index (χ1n) is 8.47. The lowest BCUT2D eigenvalue weighted by Crippen LogP contribution is -2.23. The zero-order valence-electron chi connectivity index (χ0n) is 13.5. The molecule has 23 heavy (non-hydrogen) atoms. The number of rotatable bonds is 6. The van der Waals surface area contributed by atoms with Crippen molar-refractivity contribution in [3.05, 3.63) is 35.6 Å². The second-order valence-corrected chi connectivity index (χ2v) is 6.81. The van der Waals surface area contributed by atoms with Crippen molar-refractivity contribution in [3.8, 4) is 0 Å². The van der Waals surface area contributed by atoms with Crippen LogP contribution in [0.15, 0.2) is 22.9 Å². The van der Waals surface area contributed by atoms with E-state index in [2.05, 4.69) is 38.3 Å². The molecule has 0 unspecified atom stereocenters. The van der Waals surface area contributed by atoms with Crippen molar-refractivity contribution in [2.45, 2.75) is 38.6 Å². The average Bonchev–Trinajstić information content (AvgIpc) is 3.14. The first-order valence-corrected chi connectivity index (χ1v) is 8.47. The van der Waals surface area contributed by atoms with Crippen LogP contribution in [0.3, 0.4) is 0 Å². The van der Waals surface area contributed by atoms with Gasteiger partial charge in [-0.05, 0) is 50.3 Å². The number of aromatic nitrogens is 3. The molecule has 0 aromatic carbocycles.